The number of para-hydroxylation sites is 1. The average Bonchev–Trinajstić information content (AvgIpc) is 3.19. The Bertz CT molecular complexity index is 1980. The Labute approximate surface area is 323 Å². The number of amides is 1. The van der Waals surface area contributed by atoms with Gasteiger partial charge in [-0.05, 0) is 83.1 Å². The largest absolute Gasteiger partial charge is 0.496 e. The van der Waals surface area contributed by atoms with Crippen LogP contribution in [0, 0.1) is 6.92 Å². The second kappa shape index (κ2) is 18.6. The topological polar surface area (TPSA) is 73.4 Å². The molecule has 0 bridgehead atoms. The van der Waals surface area contributed by atoms with Gasteiger partial charge in [0.2, 0.25) is 11.8 Å². The van der Waals surface area contributed by atoms with Crippen LogP contribution in [0.4, 0.5) is 0 Å². The summed E-state index contributed by atoms with van der Waals surface area (Å²) in [5, 5.41) is 0.433. The van der Waals surface area contributed by atoms with Crippen molar-refractivity contribution in [3.8, 4) is 28.9 Å². The fourth-order valence-electron chi connectivity index (χ4n) is 6.29. The Kier molecular flexibility index (Phi) is 13.3. The lowest BCUT2D eigenvalue weighted by Crippen LogP contribution is -2.47. The molecule has 4 aromatic carbocycles. The summed E-state index contributed by atoms with van der Waals surface area (Å²) in [5.74, 6) is 3.70. The van der Waals surface area contributed by atoms with Gasteiger partial charge in [-0.15, -0.1) is 0 Å². The number of piperazine rings is 1. The highest BCUT2D eigenvalue weighted by Crippen LogP contribution is 2.34. The molecular weight excluding hydrogens is 698 g/mol. The van der Waals surface area contributed by atoms with Crippen molar-refractivity contribution in [2.24, 2.45) is 0 Å². The monoisotopic (exact) mass is 745 g/mol. The fraction of sp³-hybridized carbons (Fsp3) is 0.289. The van der Waals surface area contributed by atoms with E-state index in [1.165, 1.54) is 16.7 Å². The molecule has 54 heavy (non-hydrogen) atoms. The van der Waals surface area contributed by atoms with Gasteiger partial charge in [0.25, 0.3) is 0 Å². The molecule has 0 unspecified atom stereocenters. The minimum Gasteiger partial charge on any atom is -0.496 e. The highest BCUT2D eigenvalue weighted by atomic mass is 35.5. The zero-order valence-corrected chi connectivity index (χ0v) is 32.2. The molecule has 1 fully saturated rings. The maximum Gasteiger partial charge on any atom is 0.246 e. The summed E-state index contributed by atoms with van der Waals surface area (Å²) in [5.41, 5.74) is 6.44. The highest BCUT2D eigenvalue weighted by molar-refractivity contribution is 6.32. The van der Waals surface area contributed by atoms with Gasteiger partial charge in [0.05, 0.1) is 24.9 Å². The fourth-order valence-corrected chi connectivity index (χ4v) is 6.60. The lowest BCUT2D eigenvalue weighted by atomic mass is 10.0. The van der Waals surface area contributed by atoms with Crippen molar-refractivity contribution in [2.75, 3.05) is 39.9 Å². The number of ether oxygens (including phenoxy) is 4. The van der Waals surface area contributed by atoms with Crippen molar-refractivity contribution in [2.45, 2.75) is 46.3 Å². The van der Waals surface area contributed by atoms with E-state index in [0.717, 1.165) is 54.2 Å². The molecule has 1 saturated heterocycles. The van der Waals surface area contributed by atoms with E-state index in [0.29, 0.717) is 54.6 Å². The normalized spacial score (nSPS) is 13.3. The van der Waals surface area contributed by atoms with Gasteiger partial charge in [0.1, 0.15) is 23.9 Å². The lowest BCUT2D eigenvalue weighted by Gasteiger charge is -2.34. The van der Waals surface area contributed by atoms with Gasteiger partial charge in [0.15, 0.2) is 5.75 Å². The van der Waals surface area contributed by atoms with Crippen LogP contribution in [0.25, 0.3) is 6.08 Å². The number of nitrogens with zero attached hydrogens (tertiary/aromatic N) is 3. The third-order valence-electron chi connectivity index (χ3n) is 9.49. The van der Waals surface area contributed by atoms with E-state index in [-0.39, 0.29) is 5.91 Å². The molecule has 0 saturated carbocycles. The molecule has 5 aromatic rings. The predicted octanol–water partition coefficient (Wildman–Crippen LogP) is 9.53. The Balaban J connectivity index is 0.926. The summed E-state index contributed by atoms with van der Waals surface area (Å²) < 4.78 is 23.3. The van der Waals surface area contributed by atoms with E-state index in [2.05, 4.69) is 72.3 Å². The standard InChI is InChI=1S/C45H48ClN3O5/c1-32(2)37-14-16-39(17-15-37)52-26-21-34-9-11-35(12-10-34)30-48-22-24-49(25-23-48)44(50)20-13-36-27-33(3)45(41(46)28-36)54-43-19-18-40(29-47-43)53-31-38-7-5-6-8-42(38)51-4/h5-20,27-29,32H,21-26,30-31H2,1-4H3. The zero-order chi connectivity index (χ0) is 37.9. The highest BCUT2D eigenvalue weighted by Gasteiger charge is 2.20. The molecule has 1 aliphatic heterocycles. The minimum atomic E-state index is -0.0107. The first-order valence-corrected chi connectivity index (χ1v) is 18.8. The molecule has 280 valence electrons. The van der Waals surface area contributed by atoms with Crippen molar-refractivity contribution in [3.63, 3.8) is 0 Å². The molecule has 1 aliphatic rings. The molecule has 0 spiro atoms. The summed E-state index contributed by atoms with van der Waals surface area (Å²) in [6, 6.07) is 32.1. The van der Waals surface area contributed by atoms with Gasteiger partial charge in [-0.25, -0.2) is 4.98 Å². The minimum absolute atomic E-state index is 0.0107. The molecule has 0 aliphatic carbocycles. The maximum atomic E-state index is 13.1. The molecular formula is C45H48ClN3O5. The van der Waals surface area contributed by atoms with Crippen molar-refractivity contribution in [3.05, 3.63) is 148 Å². The van der Waals surface area contributed by atoms with E-state index in [1.807, 2.05) is 42.2 Å². The number of aryl methyl sites for hydroxylation is 1. The van der Waals surface area contributed by atoms with Crippen LogP contribution in [0.2, 0.25) is 5.02 Å². The van der Waals surface area contributed by atoms with Crippen molar-refractivity contribution in [1.82, 2.24) is 14.8 Å². The van der Waals surface area contributed by atoms with Crippen LogP contribution in [-0.4, -0.2) is 60.6 Å². The molecule has 0 N–H and O–H groups in total. The number of pyridine rings is 1. The summed E-state index contributed by atoms with van der Waals surface area (Å²) in [6.45, 7) is 11.2. The van der Waals surface area contributed by atoms with E-state index in [1.54, 1.807) is 43.7 Å². The number of benzene rings is 4. The number of hydrogen-bond acceptors (Lipinski definition) is 7. The molecule has 9 heteroatoms. The van der Waals surface area contributed by atoms with Crippen LogP contribution in [0.3, 0.4) is 0 Å². The third-order valence-corrected chi connectivity index (χ3v) is 9.77. The van der Waals surface area contributed by atoms with Crippen LogP contribution in [0.15, 0.2) is 109 Å². The molecule has 0 radical (unpaired) electrons. The molecule has 2 heterocycles. The maximum absolute atomic E-state index is 13.1. The first-order chi connectivity index (χ1) is 26.2. The van der Waals surface area contributed by atoms with Gasteiger partial charge >= 0.3 is 0 Å². The Morgan fingerprint density at radius 3 is 2.28 bits per heavy atom. The molecule has 1 aromatic heterocycles. The quantitative estimate of drug-likeness (QED) is 0.0989. The van der Waals surface area contributed by atoms with E-state index in [9.17, 15) is 4.79 Å². The van der Waals surface area contributed by atoms with E-state index in [4.69, 9.17) is 30.5 Å². The number of carbonyl (C=O) groups is 1. The van der Waals surface area contributed by atoms with Crippen LogP contribution < -0.4 is 18.9 Å². The van der Waals surface area contributed by atoms with E-state index >= 15 is 0 Å². The number of aromatic nitrogens is 1. The number of halogens is 1. The lowest BCUT2D eigenvalue weighted by molar-refractivity contribution is -0.127. The average molecular weight is 746 g/mol. The number of carbonyl (C=O) groups excluding carboxylic acids is 1. The van der Waals surface area contributed by atoms with Gasteiger partial charge in [-0.2, -0.15) is 0 Å². The Morgan fingerprint density at radius 2 is 1.59 bits per heavy atom. The number of hydrogen-bond donors (Lipinski definition) is 0. The third kappa shape index (κ3) is 10.6. The van der Waals surface area contributed by atoms with Gasteiger partial charge in [-0.3, -0.25) is 9.69 Å². The Morgan fingerprint density at radius 1 is 0.870 bits per heavy atom. The van der Waals surface area contributed by atoms with Gasteiger partial charge in [0, 0.05) is 56.9 Å². The van der Waals surface area contributed by atoms with Crippen LogP contribution in [-0.2, 0) is 24.4 Å². The van der Waals surface area contributed by atoms with Crippen molar-refractivity contribution < 1.29 is 23.7 Å². The van der Waals surface area contributed by atoms with Crippen molar-refractivity contribution in [1.29, 1.82) is 0 Å². The first-order valence-electron chi connectivity index (χ1n) is 18.4. The van der Waals surface area contributed by atoms with Gasteiger partial charge in [-0.1, -0.05) is 80.0 Å². The first kappa shape index (κ1) is 38.4. The molecule has 0 atom stereocenters. The SMILES string of the molecule is COc1ccccc1COc1ccc(Oc2c(C)cc(C=CC(=O)N3CCN(Cc4ccc(CCOc5ccc(C(C)C)cc5)cc4)CC3)cc2Cl)nc1. The van der Waals surface area contributed by atoms with Crippen molar-refractivity contribution >= 4 is 23.6 Å². The predicted molar refractivity (Wildman–Crippen MR) is 215 cm³/mol. The second-order valence-corrected chi connectivity index (χ2v) is 14.2. The molecule has 1 amide bonds. The summed E-state index contributed by atoms with van der Waals surface area (Å²) in [4.78, 5) is 21.8. The smallest absolute Gasteiger partial charge is 0.246 e. The summed E-state index contributed by atoms with van der Waals surface area (Å²) in [7, 11) is 1.64. The van der Waals surface area contributed by atoms with Gasteiger partial charge < -0.3 is 23.8 Å². The van der Waals surface area contributed by atoms with Crippen LogP contribution in [0.5, 0.6) is 28.9 Å². The molecule has 8 nitrogen and oxygen atoms in total. The summed E-state index contributed by atoms with van der Waals surface area (Å²) >= 11 is 6.65. The number of methoxy groups -OCH3 is 1. The summed E-state index contributed by atoms with van der Waals surface area (Å²) in [6.07, 6.45) is 5.90. The zero-order valence-electron chi connectivity index (χ0n) is 31.5. The Hall–Kier alpha value is -5.31. The second-order valence-electron chi connectivity index (χ2n) is 13.8. The number of rotatable bonds is 15. The van der Waals surface area contributed by atoms with Crippen LogP contribution in [0.1, 0.15) is 53.1 Å². The van der Waals surface area contributed by atoms with E-state index < -0.39 is 0 Å². The molecule has 6 rings (SSSR count). The van der Waals surface area contributed by atoms with Crippen LogP contribution >= 0.6 is 11.6 Å².